The van der Waals surface area contributed by atoms with Crippen molar-refractivity contribution in [3.8, 4) is 11.5 Å². The molecule has 5 rings (SSSR count). The second kappa shape index (κ2) is 9.15. The molecule has 34 heavy (non-hydrogen) atoms. The Morgan fingerprint density at radius 1 is 1.24 bits per heavy atom. The van der Waals surface area contributed by atoms with Gasteiger partial charge in [0.15, 0.2) is 0 Å². The molecule has 3 aliphatic rings. The van der Waals surface area contributed by atoms with Gasteiger partial charge in [-0.15, -0.1) is 0 Å². The number of hydrogen-bond acceptors (Lipinski definition) is 5. The van der Waals surface area contributed by atoms with E-state index in [1.54, 1.807) is 12.1 Å². The number of carboxylic acid groups (broad SMARTS) is 1. The van der Waals surface area contributed by atoms with Crippen LogP contribution < -0.4 is 14.8 Å². The van der Waals surface area contributed by atoms with Crippen LogP contribution in [0.5, 0.6) is 11.5 Å². The van der Waals surface area contributed by atoms with E-state index in [0.29, 0.717) is 31.1 Å². The molecule has 0 spiro atoms. The molecule has 2 aliphatic heterocycles. The van der Waals surface area contributed by atoms with Gasteiger partial charge in [0.05, 0.1) is 13.0 Å². The summed E-state index contributed by atoms with van der Waals surface area (Å²) in [5.41, 5.74) is 3.70. The summed E-state index contributed by atoms with van der Waals surface area (Å²) in [5.74, 6) is -2.61. The van der Waals surface area contributed by atoms with E-state index in [-0.39, 0.29) is 24.0 Å². The predicted octanol–water partition coefficient (Wildman–Crippen LogP) is 4.22. The molecule has 0 radical (unpaired) electrons. The summed E-state index contributed by atoms with van der Waals surface area (Å²) in [7, 11) is 0. The minimum Gasteiger partial charge on any atom is -0.492 e. The molecule has 0 amide bonds. The Bertz CT molecular complexity index is 1080. The molecule has 1 fully saturated rings. The Balaban J connectivity index is 1.39. The van der Waals surface area contributed by atoms with Gasteiger partial charge in [0.25, 0.3) is 5.92 Å². The lowest BCUT2D eigenvalue weighted by molar-refractivity contribution is -0.137. The van der Waals surface area contributed by atoms with Gasteiger partial charge in [-0.05, 0) is 35.6 Å². The fraction of sp³-hybridized carbons (Fsp3) is 0.500. The average molecular weight is 473 g/mol. The van der Waals surface area contributed by atoms with Gasteiger partial charge >= 0.3 is 5.97 Å². The van der Waals surface area contributed by atoms with Gasteiger partial charge in [0, 0.05) is 62.8 Å². The smallest absolute Gasteiger partial charge is 0.304 e. The molecule has 1 unspecified atom stereocenters. The van der Waals surface area contributed by atoms with Crippen molar-refractivity contribution in [2.45, 2.75) is 50.7 Å². The number of carboxylic acids is 1. The van der Waals surface area contributed by atoms with Crippen molar-refractivity contribution < 1.29 is 28.2 Å². The largest absolute Gasteiger partial charge is 0.492 e. The molecular formula is C26H30F2N2O4. The van der Waals surface area contributed by atoms with Gasteiger partial charge in [-0.1, -0.05) is 18.2 Å². The van der Waals surface area contributed by atoms with Crippen LogP contribution in [0.4, 0.5) is 8.78 Å². The van der Waals surface area contributed by atoms with Gasteiger partial charge in [-0.2, -0.15) is 0 Å². The zero-order valence-corrected chi connectivity index (χ0v) is 19.3. The van der Waals surface area contributed by atoms with Gasteiger partial charge < -0.3 is 19.9 Å². The highest BCUT2D eigenvalue weighted by molar-refractivity contribution is 5.68. The monoisotopic (exact) mass is 472 g/mol. The van der Waals surface area contributed by atoms with E-state index in [2.05, 4.69) is 10.2 Å². The first-order valence-corrected chi connectivity index (χ1v) is 11.9. The van der Waals surface area contributed by atoms with E-state index in [0.717, 1.165) is 61.8 Å². The Hall–Kier alpha value is -2.71. The first kappa shape index (κ1) is 23.1. The predicted molar refractivity (Wildman–Crippen MR) is 123 cm³/mol. The molecular weight excluding hydrogens is 442 g/mol. The fourth-order valence-corrected chi connectivity index (χ4v) is 5.42. The van der Waals surface area contributed by atoms with Crippen LogP contribution in [0.25, 0.3) is 0 Å². The third kappa shape index (κ3) is 4.61. The molecule has 0 saturated carbocycles. The van der Waals surface area contributed by atoms with Crippen molar-refractivity contribution in [1.82, 2.24) is 10.2 Å². The number of nitrogens with zero attached hydrogens (tertiary/aromatic N) is 1. The second-order valence-electron chi connectivity index (χ2n) is 9.52. The van der Waals surface area contributed by atoms with E-state index in [9.17, 15) is 13.6 Å². The number of carbonyl (C=O) groups is 1. The molecule has 6 nitrogen and oxygen atoms in total. The third-order valence-corrected chi connectivity index (χ3v) is 7.10. The number of benzene rings is 2. The van der Waals surface area contributed by atoms with E-state index < -0.39 is 11.9 Å². The maximum Gasteiger partial charge on any atom is 0.304 e. The number of aliphatic carboxylic acids is 1. The molecule has 1 saturated heterocycles. The number of fused-ring (bicyclic) bond motifs is 2. The Labute approximate surface area is 197 Å². The number of rotatable bonds is 7. The second-order valence-corrected chi connectivity index (χ2v) is 9.52. The van der Waals surface area contributed by atoms with Crippen LogP contribution in [0.2, 0.25) is 0 Å². The van der Waals surface area contributed by atoms with E-state index >= 15 is 0 Å². The quantitative estimate of drug-likeness (QED) is 0.629. The SMILES string of the molecule is CC(F)(F)c1ccc2c(c1CN1CCNCC1)CC[C@H]2Oc1ccc2c(c1)OCC2CC(=O)O. The normalized spacial score (nSPS) is 22.2. The first-order valence-electron chi connectivity index (χ1n) is 11.9. The summed E-state index contributed by atoms with van der Waals surface area (Å²) in [6.45, 7) is 5.26. The number of piperazine rings is 1. The highest BCUT2D eigenvalue weighted by Gasteiger charge is 2.35. The zero-order chi connectivity index (χ0) is 23.9. The highest BCUT2D eigenvalue weighted by Crippen LogP contribution is 2.44. The van der Waals surface area contributed by atoms with E-state index in [4.69, 9.17) is 14.6 Å². The Morgan fingerprint density at radius 2 is 2.00 bits per heavy atom. The lowest BCUT2D eigenvalue weighted by Crippen LogP contribution is -2.43. The van der Waals surface area contributed by atoms with Crippen LogP contribution in [0.3, 0.4) is 0 Å². The minimum absolute atomic E-state index is 0.0312. The molecule has 182 valence electrons. The number of ether oxygens (including phenoxy) is 2. The average Bonchev–Trinajstić information content (AvgIpc) is 3.38. The van der Waals surface area contributed by atoms with Crippen LogP contribution in [-0.2, 0) is 23.7 Å². The molecule has 1 aliphatic carbocycles. The molecule has 2 atom stereocenters. The molecule has 0 bridgehead atoms. The summed E-state index contributed by atoms with van der Waals surface area (Å²) in [5, 5.41) is 12.4. The van der Waals surface area contributed by atoms with Gasteiger partial charge in [0.2, 0.25) is 0 Å². The van der Waals surface area contributed by atoms with Gasteiger partial charge in [-0.3, -0.25) is 9.69 Å². The van der Waals surface area contributed by atoms with Crippen LogP contribution in [0.1, 0.15) is 59.6 Å². The molecule has 8 heteroatoms. The van der Waals surface area contributed by atoms with E-state index in [1.165, 1.54) is 0 Å². The topological polar surface area (TPSA) is 71.0 Å². The number of halogens is 2. The van der Waals surface area contributed by atoms with Crippen LogP contribution in [0, 0.1) is 0 Å². The number of nitrogens with one attached hydrogen (secondary N) is 1. The lowest BCUT2D eigenvalue weighted by Gasteiger charge is -2.30. The van der Waals surface area contributed by atoms with Crippen molar-refractivity contribution in [3.05, 3.63) is 58.1 Å². The van der Waals surface area contributed by atoms with Crippen LogP contribution in [-0.4, -0.2) is 48.8 Å². The molecule has 2 heterocycles. The highest BCUT2D eigenvalue weighted by atomic mass is 19.3. The van der Waals surface area contributed by atoms with E-state index in [1.807, 2.05) is 18.2 Å². The summed E-state index contributed by atoms with van der Waals surface area (Å²) < 4.78 is 41.0. The minimum atomic E-state index is -2.90. The van der Waals surface area contributed by atoms with Gasteiger partial charge in [-0.25, -0.2) is 8.78 Å². The number of hydrogen-bond donors (Lipinski definition) is 2. The van der Waals surface area contributed by atoms with Crippen molar-refractivity contribution in [3.63, 3.8) is 0 Å². The molecule has 2 aromatic carbocycles. The summed E-state index contributed by atoms with van der Waals surface area (Å²) in [6, 6.07) is 8.90. The Kier molecular flexibility index (Phi) is 6.20. The van der Waals surface area contributed by atoms with Gasteiger partial charge in [0.1, 0.15) is 17.6 Å². The summed E-state index contributed by atoms with van der Waals surface area (Å²) >= 11 is 0. The van der Waals surface area contributed by atoms with Crippen molar-refractivity contribution in [2.75, 3.05) is 32.8 Å². The first-order chi connectivity index (χ1) is 16.3. The molecule has 0 aromatic heterocycles. The Morgan fingerprint density at radius 3 is 2.74 bits per heavy atom. The lowest BCUT2D eigenvalue weighted by atomic mass is 9.93. The fourth-order valence-electron chi connectivity index (χ4n) is 5.42. The molecule has 2 aromatic rings. The van der Waals surface area contributed by atoms with Crippen molar-refractivity contribution in [2.24, 2.45) is 0 Å². The standard InChI is InChI=1S/C26H30F2N2O4/c1-26(27,28)22-6-4-20-19(21(22)14-30-10-8-29-9-11-30)5-7-23(20)34-17-2-3-18-16(12-25(31)32)15-33-24(18)13-17/h2-4,6,13,16,23,29H,5,7-12,14-15H2,1H3,(H,31,32)/t16?,23-/m1/s1. The maximum absolute atomic E-state index is 14.5. The van der Waals surface area contributed by atoms with Crippen LogP contribution >= 0.6 is 0 Å². The third-order valence-electron chi connectivity index (χ3n) is 7.10. The number of alkyl halides is 2. The maximum atomic E-state index is 14.5. The zero-order valence-electron chi connectivity index (χ0n) is 19.3. The summed E-state index contributed by atoms with van der Waals surface area (Å²) in [6.07, 6.45) is 1.24. The van der Waals surface area contributed by atoms with Crippen molar-refractivity contribution >= 4 is 5.97 Å². The molecule has 2 N–H and O–H groups in total. The van der Waals surface area contributed by atoms with Crippen molar-refractivity contribution in [1.29, 1.82) is 0 Å². The van der Waals surface area contributed by atoms with Crippen LogP contribution in [0.15, 0.2) is 30.3 Å². The summed E-state index contributed by atoms with van der Waals surface area (Å²) in [4.78, 5) is 13.3.